The van der Waals surface area contributed by atoms with E-state index in [1.54, 1.807) is 11.3 Å². The van der Waals surface area contributed by atoms with Crippen LogP contribution in [0.4, 0.5) is 5.69 Å². The van der Waals surface area contributed by atoms with E-state index < -0.39 is 0 Å². The maximum atomic E-state index is 5.91. The summed E-state index contributed by atoms with van der Waals surface area (Å²) >= 11 is 1.68. The third kappa shape index (κ3) is 1.57. The highest BCUT2D eigenvalue weighted by Crippen LogP contribution is 2.32. The van der Waals surface area contributed by atoms with Gasteiger partial charge in [0, 0.05) is 17.3 Å². The molecule has 0 aromatic heterocycles. The van der Waals surface area contributed by atoms with E-state index in [0.717, 1.165) is 37.4 Å². The Hall–Kier alpha value is -1.94. The average molecular weight is 242 g/mol. The lowest BCUT2D eigenvalue weighted by Crippen LogP contribution is -2.46. The van der Waals surface area contributed by atoms with E-state index in [1.807, 2.05) is 37.3 Å². The zero-order valence-electron chi connectivity index (χ0n) is 9.40. The number of nitrogens with two attached hydrogens (primary N) is 2. The zero-order valence-corrected chi connectivity index (χ0v) is 10.2. The minimum atomic E-state index is 0.761. The molecule has 0 amide bonds. The molecule has 2 aliphatic rings. The van der Waals surface area contributed by atoms with Crippen LogP contribution < -0.4 is 16.5 Å². The van der Waals surface area contributed by atoms with Crippen LogP contribution in [0.3, 0.4) is 0 Å². The molecular formula is C13H12N3S+. The fourth-order valence-corrected chi connectivity index (χ4v) is 2.98. The highest BCUT2D eigenvalue weighted by molar-refractivity contribution is 7.21. The van der Waals surface area contributed by atoms with Gasteiger partial charge in [0.05, 0.1) is 20.8 Å². The predicted molar refractivity (Wildman–Crippen MR) is 70.5 cm³/mol. The number of fused-ring (bicyclic) bond motifs is 2. The van der Waals surface area contributed by atoms with Crippen molar-refractivity contribution in [3.63, 3.8) is 0 Å². The van der Waals surface area contributed by atoms with Crippen molar-refractivity contribution >= 4 is 27.2 Å². The first-order valence-corrected chi connectivity index (χ1v) is 6.15. The molecule has 0 saturated carbocycles. The summed E-state index contributed by atoms with van der Waals surface area (Å²) in [5, 5.41) is 6.72. The largest absolute Gasteiger partial charge is 0.399 e. The molecule has 0 spiro atoms. The van der Waals surface area contributed by atoms with Gasteiger partial charge in [-0.25, -0.2) is 4.98 Å². The van der Waals surface area contributed by atoms with Crippen molar-refractivity contribution in [2.24, 2.45) is 0 Å². The lowest BCUT2D eigenvalue weighted by atomic mass is 10.1. The van der Waals surface area contributed by atoms with Gasteiger partial charge in [0.25, 0.3) is 0 Å². The molecule has 0 saturated heterocycles. The van der Waals surface area contributed by atoms with E-state index in [4.69, 9.17) is 11.1 Å². The van der Waals surface area contributed by atoms with Gasteiger partial charge in [-0.2, -0.15) is 0 Å². The molecule has 84 valence electrons. The van der Waals surface area contributed by atoms with Crippen LogP contribution in [-0.2, 0) is 0 Å². The zero-order chi connectivity index (χ0) is 12.0. The SMILES string of the molecule is Cc1c2sc3cc(N)ccc3nc-2ccc1=[NH2+]. The van der Waals surface area contributed by atoms with Gasteiger partial charge in [0.15, 0.2) is 0 Å². The third-order valence-corrected chi connectivity index (χ3v) is 4.13. The molecule has 1 aromatic rings. The molecule has 4 N–H and O–H groups in total. The van der Waals surface area contributed by atoms with E-state index in [-0.39, 0.29) is 0 Å². The molecule has 0 atom stereocenters. The average Bonchev–Trinajstić information content (AvgIpc) is 2.32. The first kappa shape index (κ1) is 10.2. The van der Waals surface area contributed by atoms with Gasteiger partial charge >= 0.3 is 0 Å². The Kier molecular flexibility index (Phi) is 2.12. The Balaban J connectivity index is 2.49. The number of rotatable bonds is 0. The molecule has 3 rings (SSSR count). The van der Waals surface area contributed by atoms with Crippen LogP contribution in [0.1, 0.15) is 5.56 Å². The Morgan fingerprint density at radius 1 is 1.24 bits per heavy atom. The second-order valence-corrected chi connectivity index (χ2v) is 5.12. The second-order valence-electron chi connectivity index (χ2n) is 4.07. The topological polar surface area (TPSA) is 64.5 Å². The molecule has 17 heavy (non-hydrogen) atoms. The van der Waals surface area contributed by atoms with Crippen LogP contribution in [-0.4, -0.2) is 4.98 Å². The molecular weight excluding hydrogens is 230 g/mol. The molecule has 1 aromatic carbocycles. The molecule has 0 bridgehead atoms. The van der Waals surface area contributed by atoms with E-state index in [1.165, 1.54) is 0 Å². The maximum absolute atomic E-state index is 5.91. The number of nitrogens with zero attached hydrogens (tertiary/aromatic N) is 1. The minimum Gasteiger partial charge on any atom is -0.399 e. The number of aromatic nitrogens is 1. The first-order chi connectivity index (χ1) is 8.15. The van der Waals surface area contributed by atoms with Crippen LogP contribution in [0.2, 0.25) is 0 Å². The first-order valence-electron chi connectivity index (χ1n) is 5.33. The molecule has 0 radical (unpaired) electrons. The van der Waals surface area contributed by atoms with Gasteiger partial charge in [-0.1, -0.05) is 0 Å². The fourth-order valence-electron chi connectivity index (χ4n) is 1.85. The number of hydrogen-bond donors (Lipinski definition) is 2. The summed E-state index contributed by atoms with van der Waals surface area (Å²) in [5.74, 6) is 0. The summed E-state index contributed by atoms with van der Waals surface area (Å²) in [7, 11) is 0. The summed E-state index contributed by atoms with van der Waals surface area (Å²) < 4.78 is 1.09. The van der Waals surface area contributed by atoms with E-state index in [2.05, 4.69) is 4.98 Å². The standard InChI is InChI=1S/C13H11N3S/c1-7-9(15)3-5-11-13(7)17-12-6-8(14)2-4-10(12)16-11/h2-6,15H,14H2,1H3/p+1. The summed E-state index contributed by atoms with van der Waals surface area (Å²) in [6.45, 7) is 2.02. The summed E-state index contributed by atoms with van der Waals surface area (Å²) in [6, 6.07) is 9.64. The van der Waals surface area contributed by atoms with E-state index in [0.29, 0.717) is 0 Å². The van der Waals surface area contributed by atoms with Crippen molar-refractivity contribution in [2.75, 3.05) is 5.73 Å². The van der Waals surface area contributed by atoms with Gasteiger partial charge in [0.1, 0.15) is 0 Å². The Labute approximate surface area is 102 Å². The molecule has 0 unspecified atom stereocenters. The van der Waals surface area contributed by atoms with Gasteiger partial charge in [0.2, 0.25) is 5.36 Å². The van der Waals surface area contributed by atoms with Crippen LogP contribution in [0.25, 0.3) is 20.8 Å². The van der Waals surface area contributed by atoms with Crippen molar-refractivity contribution in [3.8, 4) is 10.6 Å². The van der Waals surface area contributed by atoms with Crippen molar-refractivity contribution < 1.29 is 5.41 Å². The van der Waals surface area contributed by atoms with E-state index >= 15 is 0 Å². The van der Waals surface area contributed by atoms with Crippen molar-refractivity contribution in [2.45, 2.75) is 6.92 Å². The lowest BCUT2D eigenvalue weighted by Gasteiger charge is -2.07. The fraction of sp³-hybridized carbons (Fsp3) is 0.0769. The minimum absolute atomic E-state index is 0.761. The predicted octanol–water partition coefficient (Wildman–Crippen LogP) is 0.952. The number of hydrogen-bond acceptors (Lipinski definition) is 3. The van der Waals surface area contributed by atoms with Crippen molar-refractivity contribution in [1.29, 1.82) is 0 Å². The second kappa shape index (κ2) is 3.53. The van der Waals surface area contributed by atoms with Crippen LogP contribution >= 0.6 is 11.3 Å². The Bertz CT molecular complexity index is 745. The van der Waals surface area contributed by atoms with Crippen LogP contribution in [0.5, 0.6) is 0 Å². The highest BCUT2D eigenvalue weighted by Gasteiger charge is 2.12. The number of nitrogen functional groups attached to an aromatic ring is 1. The summed E-state index contributed by atoms with van der Waals surface area (Å²) in [4.78, 5) is 5.75. The molecule has 3 nitrogen and oxygen atoms in total. The van der Waals surface area contributed by atoms with Crippen LogP contribution in [0, 0.1) is 6.92 Å². The van der Waals surface area contributed by atoms with Crippen molar-refractivity contribution in [3.05, 3.63) is 41.3 Å². The molecule has 1 aliphatic heterocycles. The van der Waals surface area contributed by atoms with Crippen LogP contribution in [0.15, 0.2) is 30.3 Å². The van der Waals surface area contributed by atoms with Gasteiger partial charge in [-0.3, -0.25) is 5.41 Å². The van der Waals surface area contributed by atoms with Gasteiger partial charge in [-0.15, -0.1) is 11.3 Å². The number of anilines is 1. The summed E-state index contributed by atoms with van der Waals surface area (Å²) in [5.41, 5.74) is 9.60. The number of benzene rings is 2. The third-order valence-electron chi connectivity index (χ3n) is 2.86. The molecule has 4 heteroatoms. The van der Waals surface area contributed by atoms with E-state index in [9.17, 15) is 0 Å². The summed E-state index contributed by atoms with van der Waals surface area (Å²) in [6.07, 6.45) is 0. The maximum Gasteiger partial charge on any atom is 0.201 e. The van der Waals surface area contributed by atoms with Crippen molar-refractivity contribution in [1.82, 2.24) is 4.98 Å². The molecule has 1 heterocycles. The van der Waals surface area contributed by atoms with Gasteiger partial charge in [-0.05, 0) is 31.2 Å². The smallest absolute Gasteiger partial charge is 0.201 e. The molecule has 0 fully saturated rings. The van der Waals surface area contributed by atoms with Gasteiger partial charge < -0.3 is 5.73 Å². The normalized spacial score (nSPS) is 11.1. The quantitative estimate of drug-likeness (QED) is 0.455. The Morgan fingerprint density at radius 2 is 2.06 bits per heavy atom. The molecule has 1 aliphatic carbocycles. The monoisotopic (exact) mass is 242 g/mol. The Morgan fingerprint density at radius 3 is 2.88 bits per heavy atom. The lowest BCUT2D eigenvalue weighted by molar-refractivity contribution is -0.173. The highest BCUT2D eigenvalue weighted by atomic mass is 32.1.